The maximum Gasteiger partial charge on any atom is 0.416 e. The van der Waals surface area contributed by atoms with Crippen molar-refractivity contribution in [2.75, 3.05) is 0 Å². The number of aryl methyl sites for hydroxylation is 1. The van der Waals surface area contributed by atoms with Crippen LogP contribution in [-0.4, -0.2) is 21.3 Å². The molecule has 0 bridgehead atoms. The first-order valence-corrected chi connectivity index (χ1v) is 11.5. The Morgan fingerprint density at radius 2 is 1.67 bits per heavy atom. The van der Waals surface area contributed by atoms with E-state index >= 15 is 0 Å². The fourth-order valence-electron chi connectivity index (χ4n) is 3.31. The predicted molar refractivity (Wildman–Crippen MR) is 125 cm³/mol. The van der Waals surface area contributed by atoms with Gasteiger partial charge in [0.1, 0.15) is 10.7 Å². The number of thiazole rings is 1. The smallest absolute Gasteiger partial charge is 0.346 e. The Morgan fingerprint density at radius 1 is 1.00 bits per heavy atom. The highest BCUT2D eigenvalue weighted by atomic mass is 32.1. The lowest BCUT2D eigenvalue weighted by atomic mass is 10.1. The summed E-state index contributed by atoms with van der Waals surface area (Å²) in [4.78, 5) is 18.9. The van der Waals surface area contributed by atoms with Gasteiger partial charge in [-0.25, -0.2) is 4.98 Å². The van der Waals surface area contributed by atoms with Crippen molar-refractivity contribution >= 4 is 17.2 Å². The maximum absolute atomic E-state index is 13.2. The minimum atomic E-state index is -4.39. The quantitative estimate of drug-likeness (QED) is 0.442. The Kier molecular flexibility index (Phi) is 7.59. The summed E-state index contributed by atoms with van der Waals surface area (Å²) in [6.07, 6.45) is -4.39. The normalized spacial score (nSPS) is 12.2. The van der Waals surface area contributed by atoms with E-state index in [1.165, 1.54) is 23.5 Å². The van der Waals surface area contributed by atoms with Gasteiger partial charge >= 0.3 is 6.18 Å². The molecule has 0 aliphatic rings. The molecule has 4 nitrogen and oxygen atoms in total. The maximum atomic E-state index is 13.2. The minimum Gasteiger partial charge on any atom is -0.346 e. The molecule has 2 aromatic carbocycles. The molecule has 8 heteroatoms. The molecule has 0 saturated heterocycles. The largest absolute Gasteiger partial charge is 0.416 e. The third-order valence-electron chi connectivity index (χ3n) is 4.82. The Balaban J connectivity index is 1.81. The molecule has 0 saturated carbocycles. The number of rotatable bonds is 7. The lowest BCUT2D eigenvalue weighted by Gasteiger charge is -2.22. The van der Waals surface area contributed by atoms with Gasteiger partial charge in [0.2, 0.25) is 0 Å². The average molecular weight is 476 g/mol. The summed E-state index contributed by atoms with van der Waals surface area (Å²) in [6.45, 7) is 8.98. The van der Waals surface area contributed by atoms with Crippen molar-refractivity contribution in [3.63, 3.8) is 0 Å². The van der Waals surface area contributed by atoms with Crippen molar-refractivity contribution in [1.29, 1.82) is 0 Å². The zero-order valence-electron chi connectivity index (χ0n) is 19.2. The van der Waals surface area contributed by atoms with Crippen molar-refractivity contribution in [1.82, 2.24) is 15.2 Å². The van der Waals surface area contributed by atoms with Gasteiger partial charge in [-0.3, -0.25) is 9.69 Å². The minimum absolute atomic E-state index is 0.243. The standard InChI is InChI=1S/C25H28F3N3OS/c1-17-8-10-18(11-9-17)13-31(14-19-6-5-7-20(12-19)25(26,27)28)15-22-29-21(16-33-22)23(32)30-24(2,3)4/h5-12,16H,13-15H2,1-4H3,(H,30,32). The summed E-state index contributed by atoms with van der Waals surface area (Å²) < 4.78 is 39.5. The number of amides is 1. The number of nitrogens with zero attached hydrogens (tertiary/aromatic N) is 2. The van der Waals surface area contributed by atoms with E-state index in [4.69, 9.17) is 0 Å². The van der Waals surface area contributed by atoms with Crippen LogP contribution < -0.4 is 5.32 Å². The third-order valence-corrected chi connectivity index (χ3v) is 5.65. The van der Waals surface area contributed by atoms with Crippen LogP contribution in [0, 0.1) is 6.92 Å². The van der Waals surface area contributed by atoms with Crippen LogP contribution in [0.2, 0.25) is 0 Å². The monoisotopic (exact) mass is 475 g/mol. The van der Waals surface area contributed by atoms with Gasteiger partial charge in [-0.05, 0) is 44.9 Å². The number of hydrogen-bond acceptors (Lipinski definition) is 4. The molecule has 3 aromatic rings. The van der Waals surface area contributed by atoms with Crippen LogP contribution in [0.3, 0.4) is 0 Å². The fraction of sp³-hybridized carbons (Fsp3) is 0.360. The van der Waals surface area contributed by atoms with Crippen LogP contribution in [0.5, 0.6) is 0 Å². The second kappa shape index (κ2) is 10.1. The Bertz CT molecular complexity index is 1090. The van der Waals surface area contributed by atoms with Gasteiger partial charge in [-0.1, -0.05) is 48.0 Å². The van der Waals surface area contributed by atoms with Crippen molar-refractivity contribution in [2.45, 2.75) is 59.0 Å². The highest BCUT2D eigenvalue weighted by molar-refractivity contribution is 7.09. The topological polar surface area (TPSA) is 45.2 Å². The molecule has 0 aliphatic carbocycles. The summed E-state index contributed by atoms with van der Waals surface area (Å²) in [5.41, 5.74) is 2.07. The number of halogens is 3. The van der Waals surface area contributed by atoms with Crippen molar-refractivity contribution in [3.8, 4) is 0 Å². The zero-order chi connectivity index (χ0) is 24.2. The van der Waals surface area contributed by atoms with E-state index in [0.29, 0.717) is 30.9 Å². The fourth-order valence-corrected chi connectivity index (χ4v) is 4.12. The Labute approximate surface area is 196 Å². The SMILES string of the molecule is Cc1ccc(CN(Cc2cccc(C(F)(F)F)c2)Cc2nc(C(=O)NC(C)(C)C)cs2)cc1. The Morgan fingerprint density at radius 3 is 2.30 bits per heavy atom. The van der Waals surface area contributed by atoms with Crippen molar-refractivity contribution in [2.24, 2.45) is 0 Å². The van der Waals surface area contributed by atoms with Gasteiger partial charge in [0.05, 0.1) is 12.1 Å². The van der Waals surface area contributed by atoms with Crippen molar-refractivity contribution < 1.29 is 18.0 Å². The highest BCUT2D eigenvalue weighted by Gasteiger charge is 2.30. The van der Waals surface area contributed by atoms with Gasteiger partial charge in [-0.15, -0.1) is 11.3 Å². The molecular formula is C25H28F3N3OS. The van der Waals surface area contributed by atoms with Gasteiger partial charge < -0.3 is 5.32 Å². The van der Waals surface area contributed by atoms with E-state index in [1.54, 1.807) is 11.4 Å². The predicted octanol–water partition coefficient (Wildman–Crippen LogP) is 6.20. The van der Waals surface area contributed by atoms with Gasteiger partial charge in [0, 0.05) is 24.0 Å². The molecule has 3 rings (SSSR count). The molecule has 0 unspecified atom stereocenters. The van der Waals surface area contributed by atoms with E-state index in [9.17, 15) is 18.0 Å². The van der Waals surface area contributed by atoms with Crippen LogP contribution >= 0.6 is 11.3 Å². The van der Waals surface area contributed by atoms with Crippen LogP contribution in [0.1, 0.15) is 58.5 Å². The molecule has 0 fully saturated rings. The second-order valence-electron chi connectivity index (χ2n) is 9.16. The first-order valence-electron chi connectivity index (χ1n) is 10.6. The summed E-state index contributed by atoms with van der Waals surface area (Å²) in [7, 11) is 0. The molecule has 0 radical (unpaired) electrons. The zero-order valence-corrected chi connectivity index (χ0v) is 20.0. The summed E-state index contributed by atoms with van der Waals surface area (Å²) in [5.74, 6) is -0.243. The van der Waals surface area contributed by atoms with Crippen molar-refractivity contribution in [3.05, 3.63) is 86.9 Å². The number of alkyl halides is 3. The van der Waals surface area contributed by atoms with Crippen LogP contribution in [-0.2, 0) is 25.8 Å². The molecule has 1 amide bonds. The number of aromatic nitrogens is 1. The number of benzene rings is 2. The molecule has 1 N–H and O–H groups in total. The molecule has 1 heterocycles. The summed E-state index contributed by atoms with van der Waals surface area (Å²) >= 11 is 1.37. The lowest BCUT2D eigenvalue weighted by molar-refractivity contribution is -0.137. The number of carbonyl (C=O) groups excluding carboxylic acids is 1. The molecule has 33 heavy (non-hydrogen) atoms. The third kappa shape index (κ3) is 7.68. The van der Waals surface area contributed by atoms with Crippen LogP contribution in [0.15, 0.2) is 53.9 Å². The van der Waals surface area contributed by atoms with E-state index in [0.717, 1.165) is 22.2 Å². The average Bonchev–Trinajstić information content (AvgIpc) is 3.17. The first-order chi connectivity index (χ1) is 15.4. The molecule has 0 atom stereocenters. The molecule has 1 aromatic heterocycles. The lowest BCUT2D eigenvalue weighted by Crippen LogP contribution is -2.40. The summed E-state index contributed by atoms with van der Waals surface area (Å²) in [6, 6.07) is 13.4. The van der Waals surface area contributed by atoms with Gasteiger partial charge in [0.15, 0.2) is 0 Å². The Hall–Kier alpha value is -2.71. The molecule has 0 aliphatic heterocycles. The molecule has 176 valence electrons. The number of hydrogen-bond donors (Lipinski definition) is 1. The number of carbonyl (C=O) groups is 1. The summed E-state index contributed by atoms with van der Waals surface area (Å²) in [5, 5.41) is 5.34. The second-order valence-corrected chi connectivity index (χ2v) is 10.1. The van der Waals surface area contributed by atoms with E-state index in [2.05, 4.69) is 10.3 Å². The van der Waals surface area contributed by atoms with Gasteiger partial charge in [-0.2, -0.15) is 13.2 Å². The first kappa shape index (κ1) is 24.9. The van der Waals surface area contributed by atoms with Gasteiger partial charge in [0.25, 0.3) is 5.91 Å². The highest BCUT2D eigenvalue weighted by Crippen LogP contribution is 2.30. The molecular weight excluding hydrogens is 447 g/mol. The van der Waals surface area contributed by atoms with E-state index in [1.807, 2.05) is 56.9 Å². The van der Waals surface area contributed by atoms with Crippen LogP contribution in [0.4, 0.5) is 13.2 Å². The van der Waals surface area contributed by atoms with E-state index < -0.39 is 11.7 Å². The number of nitrogens with one attached hydrogen (secondary N) is 1. The van der Waals surface area contributed by atoms with E-state index in [-0.39, 0.29) is 11.4 Å². The van der Waals surface area contributed by atoms with Crippen LogP contribution in [0.25, 0.3) is 0 Å². The molecule has 0 spiro atoms.